The lowest BCUT2D eigenvalue weighted by Crippen LogP contribution is -2.62. The summed E-state index contributed by atoms with van der Waals surface area (Å²) in [5.74, 6) is -0.623. The first-order valence-corrected chi connectivity index (χ1v) is 14.0. The van der Waals surface area contributed by atoms with Crippen molar-refractivity contribution in [3.63, 3.8) is 0 Å². The van der Waals surface area contributed by atoms with Crippen LogP contribution in [0.4, 0.5) is 4.79 Å². The first-order valence-electron chi connectivity index (χ1n) is 12.6. The fourth-order valence-electron chi connectivity index (χ4n) is 5.59. The number of rotatable bonds is 6. The molecule has 11 nitrogen and oxygen atoms in total. The van der Waals surface area contributed by atoms with E-state index in [1.54, 1.807) is 0 Å². The Morgan fingerprint density at radius 2 is 1.61 bits per heavy atom. The number of piperidine rings is 1. The number of hydrogen-bond acceptors (Lipinski definition) is 5. The zero-order valence-corrected chi connectivity index (χ0v) is 23.9. The van der Waals surface area contributed by atoms with Crippen molar-refractivity contribution in [2.24, 2.45) is 33.8 Å². The van der Waals surface area contributed by atoms with E-state index in [0.29, 0.717) is 19.6 Å². The van der Waals surface area contributed by atoms with Crippen LogP contribution >= 0.6 is 0 Å². The van der Waals surface area contributed by atoms with Gasteiger partial charge in [-0.1, -0.05) is 55.4 Å². The monoisotopic (exact) mass is 528 g/mol. The standard InChI is InChI=1S/C24H44N6O5S/c1-22(2,3)15(13-29-11-10-28(9)36(29,34)35)26-21(33)27-18(23(4,5)6)20(32)30-12-14-16(24(14,7)8)17(30)19(25)31/h14-18H,10-13H2,1-9H3,(H2,25,31)(H2,26,27,33)/t14-,15+,16-,17-,18+/m0/s1. The number of urea groups is 1. The molecule has 3 aliphatic rings. The second-order valence-corrected chi connectivity index (χ2v) is 15.3. The predicted octanol–water partition coefficient (Wildman–Crippen LogP) is 0.576. The van der Waals surface area contributed by atoms with Gasteiger partial charge in [-0.3, -0.25) is 9.59 Å². The highest BCUT2D eigenvalue weighted by Crippen LogP contribution is 2.64. The maximum absolute atomic E-state index is 13.7. The Hall–Kier alpha value is -1.92. The number of likely N-dealkylation sites (N-methyl/N-ethyl adjacent to an activating group) is 1. The predicted molar refractivity (Wildman–Crippen MR) is 137 cm³/mol. The number of amides is 4. The van der Waals surface area contributed by atoms with E-state index in [1.165, 1.54) is 20.6 Å². The number of carbonyl (C=O) groups is 3. The number of nitrogens with two attached hydrogens (primary N) is 1. The molecule has 5 atom stereocenters. The van der Waals surface area contributed by atoms with E-state index in [4.69, 9.17) is 5.73 Å². The Kier molecular flexibility index (Phi) is 7.26. The summed E-state index contributed by atoms with van der Waals surface area (Å²) in [6, 6.07) is -2.66. The summed E-state index contributed by atoms with van der Waals surface area (Å²) in [5.41, 5.74) is 4.58. The first-order chi connectivity index (χ1) is 16.2. The largest absolute Gasteiger partial charge is 0.368 e. The molecule has 0 spiro atoms. The van der Waals surface area contributed by atoms with Gasteiger partial charge in [-0.05, 0) is 28.1 Å². The summed E-state index contributed by atoms with van der Waals surface area (Å²) in [5, 5.41) is 5.74. The molecule has 1 aliphatic carbocycles. The van der Waals surface area contributed by atoms with Gasteiger partial charge in [0.1, 0.15) is 12.1 Å². The maximum atomic E-state index is 13.7. The van der Waals surface area contributed by atoms with Crippen molar-refractivity contribution < 1.29 is 22.8 Å². The molecule has 0 bridgehead atoms. The summed E-state index contributed by atoms with van der Waals surface area (Å²) in [6.45, 7) is 16.8. The summed E-state index contributed by atoms with van der Waals surface area (Å²) in [7, 11) is -2.03. The van der Waals surface area contributed by atoms with E-state index in [9.17, 15) is 22.8 Å². The number of carbonyl (C=O) groups excluding carboxylic acids is 3. The molecule has 36 heavy (non-hydrogen) atoms. The zero-order chi connectivity index (χ0) is 27.6. The SMILES string of the molecule is CN1CCN(C[C@@H](NC(=O)N[C@H](C(=O)N2C[C@H]3[C@@H]([C@H]2C(N)=O)C3(C)C)C(C)(C)C)C(C)(C)C)S1(=O)=O. The highest BCUT2D eigenvalue weighted by atomic mass is 32.2. The number of hydrogen-bond donors (Lipinski definition) is 3. The average molecular weight is 529 g/mol. The van der Waals surface area contributed by atoms with Crippen LogP contribution in [0.3, 0.4) is 0 Å². The van der Waals surface area contributed by atoms with Crippen molar-refractivity contribution in [3.05, 3.63) is 0 Å². The molecule has 0 unspecified atom stereocenters. The van der Waals surface area contributed by atoms with Crippen molar-refractivity contribution in [1.82, 2.24) is 24.1 Å². The van der Waals surface area contributed by atoms with Gasteiger partial charge in [0, 0.05) is 39.3 Å². The molecule has 2 saturated heterocycles. The first kappa shape index (κ1) is 28.6. The van der Waals surface area contributed by atoms with Crippen LogP contribution in [-0.2, 0) is 19.8 Å². The molecule has 0 radical (unpaired) electrons. The van der Waals surface area contributed by atoms with E-state index in [0.717, 1.165) is 0 Å². The fourth-order valence-corrected chi connectivity index (χ4v) is 6.95. The lowest BCUT2D eigenvalue weighted by molar-refractivity contribution is -0.142. The van der Waals surface area contributed by atoms with Crippen LogP contribution in [0.1, 0.15) is 55.4 Å². The zero-order valence-electron chi connectivity index (χ0n) is 23.1. The minimum Gasteiger partial charge on any atom is -0.368 e. The Balaban J connectivity index is 1.75. The van der Waals surface area contributed by atoms with Crippen molar-refractivity contribution >= 4 is 28.1 Å². The molecule has 3 rings (SSSR count). The number of nitrogens with one attached hydrogen (secondary N) is 2. The summed E-state index contributed by atoms with van der Waals surface area (Å²) < 4.78 is 27.8. The molecule has 0 aromatic carbocycles. The normalized spacial score (nSPS) is 29.4. The smallest absolute Gasteiger partial charge is 0.315 e. The lowest BCUT2D eigenvalue weighted by atomic mass is 9.85. The third kappa shape index (κ3) is 5.22. The molecule has 4 N–H and O–H groups in total. The van der Waals surface area contributed by atoms with Gasteiger partial charge in [-0.15, -0.1) is 0 Å². The number of nitrogens with zero attached hydrogens (tertiary/aromatic N) is 3. The molecule has 3 fully saturated rings. The summed E-state index contributed by atoms with van der Waals surface area (Å²) in [4.78, 5) is 40.7. The van der Waals surface area contributed by atoms with E-state index in [2.05, 4.69) is 24.5 Å². The Morgan fingerprint density at radius 3 is 2.06 bits per heavy atom. The Bertz CT molecular complexity index is 1010. The van der Waals surface area contributed by atoms with Gasteiger partial charge in [-0.25, -0.2) is 4.79 Å². The molecule has 12 heteroatoms. The lowest BCUT2D eigenvalue weighted by Gasteiger charge is -2.38. The van der Waals surface area contributed by atoms with E-state index in [-0.39, 0.29) is 29.7 Å². The van der Waals surface area contributed by atoms with Crippen molar-refractivity contribution in [2.75, 3.05) is 33.2 Å². The highest BCUT2D eigenvalue weighted by molar-refractivity contribution is 7.87. The molecular weight excluding hydrogens is 484 g/mol. The van der Waals surface area contributed by atoms with Gasteiger partial charge < -0.3 is 21.3 Å². The van der Waals surface area contributed by atoms with E-state index in [1.807, 2.05) is 41.5 Å². The summed E-state index contributed by atoms with van der Waals surface area (Å²) >= 11 is 0. The van der Waals surface area contributed by atoms with Crippen LogP contribution in [-0.4, -0.2) is 91.1 Å². The molecule has 0 aromatic heterocycles. The molecule has 206 valence electrons. The molecule has 1 saturated carbocycles. The topological polar surface area (TPSA) is 145 Å². The van der Waals surface area contributed by atoms with Crippen molar-refractivity contribution in [3.8, 4) is 0 Å². The van der Waals surface area contributed by atoms with E-state index >= 15 is 0 Å². The van der Waals surface area contributed by atoms with Crippen LogP contribution in [0.15, 0.2) is 0 Å². The van der Waals surface area contributed by atoms with Crippen LogP contribution in [0.2, 0.25) is 0 Å². The number of fused-ring (bicyclic) bond motifs is 1. The minimum absolute atomic E-state index is 0.0270. The molecular formula is C24H44N6O5S. The fraction of sp³-hybridized carbons (Fsp3) is 0.875. The third-order valence-electron chi connectivity index (χ3n) is 8.29. The van der Waals surface area contributed by atoms with Crippen LogP contribution in [0.5, 0.6) is 0 Å². The minimum atomic E-state index is -3.56. The second kappa shape index (κ2) is 9.13. The average Bonchev–Trinajstić information content (AvgIpc) is 3.02. The van der Waals surface area contributed by atoms with Gasteiger partial charge >= 0.3 is 6.03 Å². The molecule has 2 aliphatic heterocycles. The number of primary amides is 1. The van der Waals surface area contributed by atoms with Crippen molar-refractivity contribution in [1.29, 1.82) is 0 Å². The van der Waals surface area contributed by atoms with Crippen LogP contribution < -0.4 is 16.4 Å². The molecule has 2 heterocycles. The Labute approximate surface area is 215 Å². The summed E-state index contributed by atoms with van der Waals surface area (Å²) in [6.07, 6.45) is 0. The highest BCUT2D eigenvalue weighted by Gasteiger charge is 2.69. The second-order valence-electron chi connectivity index (χ2n) is 13.3. The van der Waals surface area contributed by atoms with E-state index < -0.39 is 51.1 Å². The quantitative estimate of drug-likeness (QED) is 0.462. The van der Waals surface area contributed by atoms with Gasteiger partial charge in [0.05, 0.1) is 0 Å². The molecule has 0 aromatic rings. The Morgan fingerprint density at radius 1 is 1.03 bits per heavy atom. The van der Waals surface area contributed by atoms with Crippen molar-refractivity contribution in [2.45, 2.75) is 73.5 Å². The van der Waals surface area contributed by atoms with Gasteiger partial charge in [0.15, 0.2) is 0 Å². The van der Waals surface area contributed by atoms with Gasteiger partial charge in [-0.2, -0.15) is 17.0 Å². The van der Waals surface area contributed by atoms with Crippen LogP contribution in [0.25, 0.3) is 0 Å². The van der Waals surface area contributed by atoms with Gasteiger partial charge in [0.2, 0.25) is 11.8 Å². The number of likely N-dealkylation sites (tertiary alicyclic amines) is 1. The third-order valence-corrected chi connectivity index (χ3v) is 10.2. The molecule has 4 amide bonds. The maximum Gasteiger partial charge on any atom is 0.315 e. The van der Waals surface area contributed by atoms with Crippen LogP contribution in [0, 0.1) is 28.1 Å². The van der Waals surface area contributed by atoms with Gasteiger partial charge in [0.25, 0.3) is 10.2 Å².